The van der Waals surface area contributed by atoms with Gasteiger partial charge in [-0.05, 0) is 41.6 Å². The number of hydrogen-bond acceptors (Lipinski definition) is 7. The Morgan fingerprint density at radius 2 is 1.62 bits per heavy atom. The molecule has 3 rings (SSSR count). The normalized spacial score (nSPS) is 11.0. The number of hydrogen-bond donors (Lipinski definition) is 3. The van der Waals surface area contributed by atoms with Gasteiger partial charge in [0.15, 0.2) is 5.82 Å². The molecule has 42 heavy (non-hydrogen) atoms. The maximum absolute atomic E-state index is 11.6. The molecule has 1 heterocycles. The number of nitrogens with zero attached hydrogens (tertiary/aromatic N) is 4. The summed E-state index contributed by atoms with van der Waals surface area (Å²) in [6.07, 6.45) is 6.22. The molecule has 0 saturated heterocycles. The summed E-state index contributed by atoms with van der Waals surface area (Å²) < 4.78 is 0. The molecular weight excluding hydrogens is 541 g/mol. The van der Waals surface area contributed by atoms with E-state index in [1.807, 2.05) is 40.1 Å². The van der Waals surface area contributed by atoms with Gasteiger partial charge >= 0.3 is 14.8 Å². The summed E-state index contributed by atoms with van der Waals surface area (Å²) in [5, 5.41) is 6.84. The molecule has 0 aliphatic rings. The third-order valence-electron chi connectivity index (χ3n) is 6.31. The van der Waals surface area contributed by atoms with Crippen molar-refractivity contribution in [3.63, 3.8) is 0 Å². The van der Waals surface area contributed by atoms with Gasteiger partial charge in [-0.15, -0.1) is 0 Å². The van der Waals surface area contributed by atoms with Gasteiger partial charge in [-0.25, -0.2) is 15.0 Å². The van der Waals surface area contributed by atoms with Crippen molar-refractivity contribution >= 4 is 37.4 Å². The Hall–Kier alpha value is -3.12. The first-order valence-corrected chi connectivity index (χ1v) is 14.9. The molecule has 9 heteroatoms. The number of carbonyl (C=O) groups excluding carboxylic acids is 1. The quantitative estimate of drug-likeness (QED) is 0.0913. The summed E-state index contributed by atoms with van der Waals surface area (Å²) in [6.45, 7) is 17.8. The molecule has 0 bridgehead atoms. The SMILES string of the molecule is C#P.C=C(c1nc(C(CC(C)C)N(C)N)c(Cc2cccc3ccccc23)nc1NC=O)N(C)CC(C)C.CC.CN. The average molecular weight is 594 g/mol. The number of hydrazine groups is 1. The van der Waals surface area contributed by atoms with Crippen LogP contribution in [-0.2, 0) is 11.2 Å². The van der Waals surface area contributed by atoms with Crippen LogP contribution in [0.1, 0.15) is 76.7 Å². The minimum absolute atomic E-state index is 0.144. The monoisotopic (exact) mass is 593 g/mol. The fourth-order valence-corrected chi connectivity index (χ4v) is 4.62. The number of fused-ring (bicyclic) bond motifs is 1. The zero-order valence-electron chi connectivity index (χ0n) is 27.1. The first kappa shape index (κ1) is 38.9. The molecule has 1 amide bonds. The number of nitrogens with two attached hydrogens (primary N) is 2. The number of rotatable bonds is 12. The second-order valence-electron chi connectivity index (χ2n) is 10.4. The maximum Gasteiger partial charge on any atom is 0.212 e. The van der Waals surface area contributed by atoms with E-state index in [-0.39, 0.29) is 6.04 Å². The van der Waals surface area contributed by atoms with Crippen LogP contribution in [0.3, 0.4) is 0 Å². The summed E-state index contributed by atoms with van der Waals surface area (Å²) in [5.74, 6) is 7.63. The summed E-state index contributed by atoms with van der Waals surface area (Å²) in [4.78, 5) is 23.7. The van der Waals surface area contributed by atoms with Crippen molar-refractivity contribution in [2.45, 2.75) is 60.4 Å². The molecule has 1 aromatic heterocycles. The zero-order chi connectivity index (χ0) is 32.4. The molecule has 0 fully saturated rings. The van der Waals surface area contributed by atoms with Gasteiger partial charge in [-0.1, -0.05) is 90.6 Å². The van der Waals surface area contributed by atoms with E-state index in [0.29, 0.717) is 41.9 Å². The van der Waals surface area contributed by atoms with Crippen molar-refractivity contribution < 1.29 is 4.79 Å². The van der Waals surface area contributed by atoms with Crippen molar-refractivity contribution in [3.05, 3.63) is 71.7 Å². The molecule has 8 nitrogen and oxygen atoms in total. The first-order chi connectivity index (χ1) is 20.1. The van der Waals surface area contributed by atoms with E-state index in [2.05, 4.69) is 95.4 Å². The Kier molecular flexibility index (Phi) is 19.2. The molecule has 3 aromatic rings. The zero-order valence-corrected chi connectivity index (χ0v) is 28.0. The van der Waals surface area contributed by atoms with Crippen LogP contribution in [0.5, 0.6) is 0 Å². The van der Waals surface area contributed by atoms with E-state index in [4.69, 9.17) is 15.8 Å². The second-order valence-corrected chi connectivity index (χ2v) is 10.4. The van der Waals surface area contributed by atoms with Crippen molar-refractivity contribution in [3.8, 4) is 6.13 Å². The average Bonchev–Trinajstić information content (AvgIpc) is 2.99. The molecule has 0 aliphatic heterocycles. The van der Waals surface area contributed by atoms with Crippen molar-refractivity contribution in [2.24, 2.45) is 23.4 Å². The number of carbonyl (C=O) groups is 1. The minimum Gasteiger partial charge on any atom is -0.373 e. The van der Waals surface area contributed by atoms with E-state index >= 15 is 0 Å². The Balaban J connectivity index is 0.00000263. The Bertz CT molecular complexity index is 1250. The van der Waals surface area contributed by atoms with Gasteiger partial charge in [0.2, 0.25) is 6.41 Å². The van der Waals surface area contributed by atoms with Gasteiger partial charge in [0.1, 0.15) is 5.69 Å². The number of benzene rings is 2. The smallest absolute Gasteiger partial charge is 0.212 e. The number of anilines is 1. The molecular formula is C33H52N7OP. The molecule has 0 radical (unpaired) electrons. The Morgan fingerprint density at radius 1 is 1.02 bits per heavy atom. The van der Waals surface area contributed by atoms with Crippen LogP contribution in [0.25, 0.3) is 16.5 Å². The fourth-order valence-electron chi connectivity index (χ4n) is 4.62. The number of aromatic nitrogens is 2. The van der Waals surface area contributed by atoms with Crippen molar-refractivity contribution in [1.29, 1.82) is 0 Å². The van der Waals surface area contributed by atoms with E-state index < -0.39 is 0 Å². The summed E-state index contributed by atoms with van der Waals surface area (Å²) in [5.41, 5.74) is 8.53. The van der Waals surface area contributed by atoms with Crippen LogP contribution in [-0.4, -0.2) is 54.0 Å². The Labute approximate surface area is 256 Å². The largest absolute Gasteiger partial charge is 0.373 e. The van der Waals surface area contributed by atoms with Gasteiger partial charge < -0.3 is 16.0 Å². The maximum atomic E-state index is 11.6. The van der Waals surface area contributed by atoms with Crippen LogP contribution in [0.2, 0.25) is 0 Å². The molecule has 230 valence electrons. The molecule has 0 aliphatic carbocycles. The second kappa shape index (κ2) is 20.7. The van der Waals surface area contributed by atoms with E-state index in [1.54, 1.807) is 5.01 Å². The predicted molar refractivity (Wildman–Crippen MR) is 182 cm³/mol. The van der Waals surface area contributed by atoms with Gasteiger partial charge in [-0.2, -0.15) is 0 Å². The predicted octanol–water partition coefficient (Wildman–Crippen LogP) is 6.83. The van der Waals surface area contributed by atoms with Gasteiger partial charge in [0.25, 0.3) is 0 Å². The van der Waals surface area contributed by atoms with Crippen LogP contribution in [0.15, 0.2) is 49.0 Å². The van der Waals surface area contributed by atoms with Crippen LogP contribution in [0, 0.1) is 18.0 Å². The standard InChI is InChI=1S/C29H40N6O.C2H6.CH5N.CHP/c1-19(2)15-26(35(7)30)28-25(16-23-13-10-12-22-11-8-9-14-24(22)23)32-29(31-18-36)27(33-28)21(5)34(6)17-20(3)4;3*1-2/h8-14,18-20,26H,5,15-17,30H2,1-4,6-7H3,(H,31,32,36);1-2H3;2H2,1H3;1H. The van der Waals surface area contributed by atoms with Crippen LogP contribution < -0.4 is 16.9 Å². The molecule has 0 spiro atoms. The van der Waals surface area contributed by atoms with E-state index in [0.717, 1.165) is 29.9 Å². The fraction of sp³-hybridized carbons (Fsp3) is 0.455. The van der Waals surface area contributed by atoms with Gasteiger partial charge in [0, 0.05) is 27.1 Å². The van der Waals surface area contributed by atoms with E-state index in [9.17, 15) is 4.79 Å². The Morgan fingerprint density at radius 3 is 2.17 bits per heavy atom. The van der Waals surface area contributed by atoms with Gasteiger partial charge in [-0.3, -0.25) is 10.6 Å². The third kappa shape index (κ3) is 11.3. The summed E-state index contributed by atoms with van der Waals surface area (Å²) in [7, 11) is 8.38. The molecule has 1 atom stereocenters. The molecule has 5 N–H and O–H groups in total. The number of amides is 1. The van der Waals surface area contributed by atoms with Crippen LogP contribution >= 0.6 is 8.70 Å². The van der Waals surface area contributed by atoms with Crippen molar-refractivity contribution in [2.75, 3.05) is 33.0 Å². The summed E-state index contributed by atoms with van der Waals surface area (Å²) in [6, 6.07) is 14.5. The third-order valence-corrected chi connectivity index (χ3v) is 6.31. The summed E-state index contributed by atoms with van der Waals surface area (Å²) >= 11 is 0. The minimum atomic E-state index is -0.144. The molecule has 2 aromatic carbocycles. The van der Waals surface area contributed by atoms with E-state index in [1.165, 1.54) is 17.8 Å². The van der Waals surface area contributed by atoms with Gasteiger partial charge in [0.05, 0.1) is 23.1 Å². The molecule has 1 unspecified atom stereocenters. The van der Waals surface area contributed by atoms with Crippen molar-refractivity contribution in [1.82, 2.24) is 19.9 Å². The number of nitrogens with one attached hydrogen (secondary N) is 1. The molecule has 0 saturated carbocycles. The topological polar surface area (TPSA) is 113 Å². The van der Waals surface area contributed by atoms with Crippen LogP contribution in [0.4, 0.5) is 5.82 Å². The first-order valence-electron chi connectivity index (χ1n) is 14.4.